The molecule has 1 aliphatic heterocycles. The molecule has 3 rings (SSSR count). The van der Waals surface area contributed by atoms with E-state index in [4.69, 9.17) is 5.73 Å². The van der Waals surface area contributed by atoms with Gasteiger partial charge in [0.25, 0.3) is 5.91 Å². The predicted octanol–water partition coefficient (Wildman–Crippen LogP) is 2.52. The Kier molecular flexibility index (Phi) is 4.90. The fraction of sp³-hybridized carbons (Fsp3) is 0.278. The van der Waals surface area contributed by atoms with Crippen LogP contribution in [0, 0.1) is 11.3 Å². The standard InChI is InChI=1S/C18H16F3N5O/c19-18(20,21)15-4-2-1-3-14(15)17(27)26-7-5-25(6-8-26)16-12(10-22)9-13(23)11-24-16/h1-4,9,11H,5-8,23H2. The first kappa shape index (κ1) is 18.5. The number of anilines is 2. The molecule has 0 unspecified atom stereocenters. The van der Waals surface area contributed by atoms with E-state index < -0.39 is 17.6 Å². The van der Waals surface area contributed by atoms with Crippen LogP contribution in [0.1, 0.15) is 21.5 Å². The van der Waals surface area contributed by atoms with E-state index in [1.54, 1.807) is 0 Å². The Bertz CT molecular complexity index is 899. The summed E-state index contributed by atoms with van der Waals surface area (Å²) in [6.07, 6.45) is -3.16. The molecule has 6 nitrogen and oxygen atoms in total. The summed E-state index contributed by atoms with van der Waals surface area (Å²) in [6.45, 7) is 1.15. The van der Waals surface area contributed by atoms with Gasteiger partial charge in [0.2, 0.25) is 0 Å². The van der Waals surface area contributed by atoms with Crippen molar-refractivity contribution in [3.8, 4) is 6.07 Å². The number of halogens is 3. The van der Waals surface area contributed by atoms with E-state index >= 15 is 0 Å². The molecule has 9 heteroatoms. The first-order chi connectivity index (χ1) is 12.8. The summed E-state index contributed by atoms with van der Waals surface area (Å²) in [5, 5.41) is 9.23. The molecule has 2 N–H and O–H groups in total. The predicted molar refractivity (Wildman–Crippen MR) is 92.9 cm³/mol. The second kappa shape index (κ2) is 7.15. The molecular formula is C18H16F3N5O. The van der Waals surface area contributed by atoms with Gasteiger partial charge in [-0.05, 0) is 18.2 Å². The lowest BCUT2D eigenvalue weighted by Gasteiger charge is -2.36. The molecule has 2 aromatic rings. The molecule has 1 aliphatic rings. The Labute approximate surface area is 153 Å². The number of carbonyl (C=O) groups is 1. The fourth-order valence-electron chi connectivity index (χ4n) is 3.02. The van der Waals surface area contributed by atoms with E-state index in [-0.39, 0.29) is 18.7 Å². The van der Waals surface area contributed by atoms with Crippen LogP contribution in [-0.2, 0) is 6.18 Å². The average molecular weight is 375 g/mol. The van der Waals surface area contributed by atoms with Gasteiger partial charge in [-0.1, -0.05) is 12.1 Å². The monoisotopic (exact) mass is 375 g/mol. The Hall–Kier alpha value is -3.28. The number of aromatic nitrogens is 1. The van der Waals surface area contributed by atoms with Crippen molar-refractivity contribution in [1.82, 2.24) is 9.88 Å². The van der Waals surface area contributed by atoms with Gasteiger partial charge in [0.1, 0.15) is 11.9 Å². The zero-order valence-electron chi connectivity index (χ0n) is 14.2. The topological polar surface area (TPSA) is 86.2 Å². The minimum absolute atomic E-state index is 0.224. The van der Waals surface area contributed by atoms with Gasteiger partial charge in [0.15, 0.2) is 0 Å². The Morgan fingerprint density at radius 3 is 2.48 bits per heavy atom. The zero-order chi connectivity index (χ0) is 19.6. The number of hydrogen-bond donors (Lipinski definition) is 1. The number of hydrogen-bond acceptors (Lipinski definition) is 5. The van der Waals surface area contributed by atoms with Crippen molar-refractivity contribution in [1.29, 1.82) is 5.26 Å². The highest BCUT2D eigenvalue weighted by Gasteiger charge is 2.36. The molecular weight excluding hydrogens is 359 g/mol. The Morgan fingerprint density at radius 2 is 1.85 bits per heavy atom. The third-order valence-electron chi connectivity index (χ3n) is 4.34. The molecule has 1 saturated heterocycles. The number of benzene rings is 1. The van der Waals surface area contributed by atoms with E-state index in [2.05, 4.69) is 4.98 Å². The number of amides is 1. The van der Waals surface area contributed by atoms with E-state index in [1.807, 2.05) is 11.0 Å². The van der Waals surface area contributed by atoms with E-state index in [0.717, 1.165) is 6.07 Å². The van der Waals surface area contributed by atoms with Crippen LogP contribution < -0.4 is 10.6 Å². The fourth-order valence-corrected chi connectivity index (χ4v) is 3.02. The summed E-state index contributed by atoms with van der Waals surface area (Å²) in [5.74, 6) is -0.206. The number of piperazine rings is 1. The molecule has 140 valence electrons. The van der Waals surface area contributed by atoms with E-state index in [0.29, 0.717) is 30.2 Å². The normalized spacial score (nSPS) is 14.7. The molecule has 1 aromatic heterocycles. The third-order valence-corrected chi connectivity index (χ3v) is 4.34. The first-order valence-corrected chi connectivity index (χ1v) is 8.17. The largest absolute Gasteiger partial charge is 0.417 e. The average Bonchev–Trinajstić information content (AvgIpc) is 2.67. The number of nitrogens with zero attached hydrogens (tertiary/aromatic N) is 4. The maximum absolute atomic E-state index is 13.1. The summed E-state index contributed by atoms with van der Waals surface area (Å²) in [4.78, 5) is 20.0. The summed E-state index contributed by atoms with van der Waals surface area (Å²) < 4.78 is 39.4. The molecule has 1 amide bonds. The molecule has 1 aromatic carbocycles. The number of rotatable bonds is 2. The molecule has 0 atom stereocenters. The first-order valence-electron chi connectivity index (χ1n) is 8.17. The van der Waals surface area contributed by atoms with Gasteiger partial charge in [-0.3, -0.25) is 4.79 Å². The Morgan fingerprint density at radius 1 is 1.19 bits per heavy atom. The summed E-state index contributed by atoms with van der Waals surface area (Å²) in [6, 6.07) is 8.30. The second-order valence-corrected chi connectivity index (χ2v) is 6.07. The van der Waals surface area contributed by atoms with Crippen molar-refractivity contribution in [2.75, 3.05) is 36.8 Å². The molecule has 0 radical (unpaired) electrons. The molecule has 0 aliphatic carbocycles. The van der Waals surface area contributed by atoms with Crippen LogP contribution in [0.4, 0.5) is 24.7 Å². The van der Waals surface area contributed by atoms with Gasteiger partial charge < -0.3 is 15.5 Å². The maximum atomic E-state index is 13.1. The van der Waals surface area contributed by atoms with E-state index in [9.17, 15) is 23.2 Å². The van der Waals surface area contributed by atoms with Crippen molar-refractivity contribution in [3.05, 3.63) is 53.2 Å². The summed E-state index contributed by atoms with van der Waals surface area (Å²) in [7, 11) is 0. The molecule has 1 fully saturated rings. The van der Waals surface area contributed by atoms with Gasteiger partial charge in [0, 0.05) is 26.2 Å². The number of carbonyl (C=O) groups excluding carboxylic acids is 1. The molecule has 2 heterocycles. The quantitative estimate of drug-likeness (QED) is 0.872. The SMILES string of the molecule is N#Cc1cc(N)cnc1N1CCN(C(=O)c2ccccc2C(F)(F)F)CC1. The van der Waals surface area contributed by atoms with E-state index in [1.165, 1.54) is 35.4 Å². The van der Waals surface area contributed by atoms with Crippen molar-refractivity contribution in [2.45, 2.75) is 6.18 Å². The van der Waals surface area contributed by atoms with Crippen LogP contribution in [0.25, 0.3) is 0 Å². The number of nitrogens with two attached hydrogens (primary N) is 1. The summed E-state index contributed by atoms with van der Waals surface area (Å²) >= 11 is 0. The highest BCUT2D eigenvalue weighted by atomic mass is 19.4. The molecule has 27 heavy (non-hydrogen) atoms. The molecule has 0 bridgehead atoms. The zero-order valence-corrected chi connectivity index (χ0v) is 14.2. The lowest BCUT2D eigenvalue weighted by molar-refractivity contribution is -0.138. The highest BCUT2D eigenvalue weighted by molar-refractivity contribution is 5.96. The van der Waals surface area contributed by atoms with Crippen LogP contribution in [0.3, 0.4) is 0 Å². The van der Waals surface area contributed by atoms with Gasteiger partial charge in [-0.15, -0.1) is 0 Å². The van der Waals surface area contributed by atoms with Crippen molar-refractivity contribution in [2.24, 2.45) is 0 Å². The van der Waals surface area contributed by atoms with Gasteiger partial charge in [-0.25, -0.2) is 4.98 Å². The van der Waals surface area contributed by atoms with Gasteiger partial charge in [0.05, 0.1) is 28.6 Å². The lowest BCUT2D eigenvalue weighted by atomic mass is 10.1. The second-order valence-electron chi connectivity index (χ2n) is 6.07. The van der Waals surface area contributed by atoms with Crippen molar-refractivity contribution >= 4 is 17.4 Å². The number of pyridine rings is 1. The number of nitrogen functional groups attached to an aromatic ring is 1. The minimum Gasteiger partial charge on any atom is -0.397 e. The maximum Gasteiger partial charge on any atom is 0.417 e. The third kappa shape index (κ3) is 3.79. The van der Waals surface area contributed by atoms with Crippen molar-refractivity contribution < 1.29 is 18.0 Å². The van der Waals surface area contributed by atoms with Crippen LogP contribution in [0.15, 0.2) is 36.5 Å². The molecule has 0 saturated carbocycles. The number of nitriles is 1. The van der Waals surface area contributed by atoms with Gasteiger partial charge in [-0.2, -0.15) is 18.4 Å². The Balaban J connectivity index is 1.76. The van der Waals surface area contributed by atoms with Crippen molar-refractivity contribution in [3.63, 3.8) is 0 Å². The number of alkyl halides is 3. The minimum atomic E-state index is -4.59. The van der Waals surface area contributed by atoms with Crippen LogP contribution in [0.2, 0.25) is 0 Å². The summed E-state index contributed by atoms with van der Waals surface area (Å²) in [5.41, 5.74) is 5.02. The van der Waals surface area contributed by atoms with Gasteiger partial charge >= 0.3 is 6.18 Å². The van der Waals surface area contributed by atoms with Crippen LogP contribution in [-0.4, -0.2) is 42.0 Å². The highest BCUT2D eigenvalue weighted by Crippen LogP contribution is 2.32. The smallest absolute Gasteiger partial charge is 0.397 e. The lowest BCUT2D eigenvalue weighted by Crippen LogP contribution is -2.49. The van der Waals surface area contributed by atoms with Crippen LogP contribution in [0.5, 0.6) is 0 Å². The van der Waals surface area contributed by atoms with Crippen LogP contribution >= 0.6 is 0 Å². The molecule has 0 spiro atoms.